The van der Waals surface area contributed by atoms with Crippen molar-refractivity contribution in [3.63, 3.8) is 0 Å². The molecule has 0 spiro atoms. The van der Waals surface area contributed by atoms with Gasteiger partial charge in [0.05, 0.1) is 6.04 Å². The largest absolute Gasteiger partial charge is 0.235 e. The summed E-state index contributed by atoms with van der Waals surface area (Å²) in [6.45, 7) is 2.25. The third kappa shape index (κ3) is 1.96. The molecule has 0 unspecified atom stereocenters. The zero-order valence-corrected chi connectivity index (χ0v) is 6.34. The van der Waals surface area contributed by atoms with Crippen LogP contribution in [0.1, 0.15) is 32.6 Å². The summed E-state index contributed by atoms with van der Waals surface area (Å²) in [5.41, 5.74) is 0. The Bertz CT molecular complexity index is 141. The molecule has 1 aliphatic rings. The van der Waals surface area contributed by atoms with Gasteiger partial charge in [-0.2, -0.15) is 0 Å². The minimum atomic E-state index is 0.286. The summed E-state index contributed by atoms with van der Waals surface area (Å²) >= 11 is 0. The molecule has 2 heteroatoms. The number of nitrogens with zero attached hydrogens (tertiary/aromatic N) is 1. The summed E-state index contributed by atoms with van der Waals surface area (Å²) in [6.07, 6.45) is 6.22. The van der Waals surface area contributed by atoms with Crippen molar-refractivity contribution >= 4 is 6.08 Å². The zero-order chi connectivity index (χ0) is 7.40. The Morgan fingerprint density at radius 3 is 2.40 bits per heavy atom. The number of aliphatic imine (C=N–C) groups is 1. The van der Waals surface area contributed by atoms with E-state index >= 15 is 0 Å². The fourth-order valence-electron chi connectivity index (χ4n) is 1.45. The first-order chi connectivity index (χ1) is 4.83. The molecule has 56 valence electrons. The Balaban J connectivity index is 2.32. The molecule has 0 aliphatic heterocycles. The van der Waals surface area contributed by atoms with Gasteiger partial charge in [0.15, 0.2) is 0 Å². The molecule has 0 heterocycles. The molecular weight excluding hydrogens is 126 g/mol. The van der Waals surface area contributed by atoms with Gasteiger partial charge in [0, 0.05) is 0 Å². The molecule has 1 aliphatic carbocycles. The van der Waals surface area contributed by atoms with Crippen molar-refractivity contribution in [2.75, 3.05) is 0 Å². The van der Waals surface area contributed by atoms with E-state index in [1.807, 2.05) is 0 Å². The van der Waals surface area contributed by atoms with E-state index in [0.717, 1.165) is 18.8 Å². The van der Waals surface area contributed by atoms with Crippen LogP contribution in [-0.4, -0.2) is 12.1 Å². The Labute approximate surface area is 61.3 Å². The average molecular weight is 139 g/mol. The normalized spacial score (nSPS) is 32.9. The Hall–Kier alpha value is -0.620. The van der Waals surface area contributed by atoms with E-state index in [0.29, 0.717) is 0 Å². The van der Waals surface area contributed by atoms with Crippen molar-refractivity contribution in [1.82, 2.24) is 0 Å². The van der Waals surface area contributed by atoms with Gasteiger partial charge >= 0.3 is 0 Å². The molecular formula is C8H13NO. The van der Waals surface area contributed by atoms with Crippen LogP contribution in [0.5, 0.6) is 0 Å². The molecule has 0 bridgehead atoms. The monoisotopic (exact) mass is 139 g/mol. The van der Waals surface area contributed by atoms with Gasteiger partial charge in [-0.05, 0) is 31.6 Å². The second-order valence-corrected chi connectivity index (χ2v) is 3.13. The van der Waals surface area contributed by atoms with Crippen molar-refractivity contribution in [1.29, 1.82) is 0 Å². The highest BCUT2D eigenvalue weighted by Crippen LogP contribution is 2.24. The molecule has 1 rings (SSSR count). The van der Waals surface area contributed by atoms with Gasteiger partial charge in [-0.15, -0.1) is 0 Å². The van der Waals surface area contributed by atoms with Gasteiger partial charge in [-0.1, -0.05) is 6.92 Å². The molecule has 2 nitrogen and oxygen atoms in total. The highest BCUT2D eigenvalue weighted by molar-refractivity contribution is 5.33. The third-order valence-electron chi connectivity index (χ3n) is 2.22. The van der Waals surface area contributed by atoms with Gasteiger partial charge in [0.1, 0.15) is 0 Å². The number of hydrogen-bond donors (Lipinski definition) is 0. The lowest BCUT2D eigenvalue weighted by Gasteiger charge is -2.21. The highest BCUT2D eigenvalue weighted by atomic mass is 16.1. The minimum absolute atomic E-state index is 0.286. The van der Waals surface area contributed by atoms with Crippen LogP contribution in [0.15, 0.2) is 4.99 Å². The Kier molecular flexibility index (Phi) is 2.64. The average Bonchev–Trinajstić information content (AvgIpc) is 1.95. The van der Waals surface area contributed by atoms with Gasteiger partial charge < -0.3 is 0 Å². The minimum Gasteiger partial charge on any atom is -0.211 e. The van der Waals surface area contributed by atoms with Crippen molar-refractivity contribution < 1.29 is 4.79 Å². The number of hydrogen-bond acceptors (Lipinski definition) is 2. The first-order valence-electron chi connectivity index (χ1n) is 3.90. The smallest absolute Gasteiger partial charge is 0.211 e. The zero-order valence-electron chi connectivity index (χ0n) is 6.34. The Morgan fingerprint density at radius 1 is 1.30 bits per heavy atom. The molecule has 0 N–H and O–H groups in total. The van der Waals surface area contributed by atoms with Crippen LogP contribution in [0, 0.1) is 5.92 Å². The molecule has 0 aromatic carbocycles. The van der Waals surface area contributed by atoms with Crippen LogP contribution in [0.2, 0.25) is 0 Å². The summed E-state index contributed by atoms with van der Waals surface area (Å²) in [5, 5.41) is 0. The highest BCUT2D eigenvalue weighted by Gasteiger charge is 2.16. The SMILES string of the molecule is C[C@H]1CC[C@H](N=C=O)CC1. The van der Waals surface area contributed by atoms with E-state index < -0.39 is 0 Å². The van der Waals surface area contributed by atoms with Crippen molar-refractivity contribution in [2.24, 2.45) is 10.9 Å². The predicted molar refractivity (Wildman–Crippen MR) is 39.5 cm³/mol. The first kappa shape index (κ1) is 7.49. The number of carbonyl (C=O) groups excluding carboxylic acids is 1. The van der Waals surface area contributed by atoms with Crippen molar-refractivity contribution in [3.05, 3.63) is 0 Å². The molecule has 0 atom stereocenters. The van der Waals surface area contributed by atoms with Crippen molar-refractivity contribution in [2.45, 2.75) is 38.6 Å². The van der Waals surface area contributed by atoms with Crippen LogP contribution in [0.25, 0.3) is 0 Å². The van der Waals surface area contributed by atoms with Crippen LogP contribution in [-0.2, 0) is 4.79 Å². The van der Waals surface area contributed by atoms with Gasteiger partial charge in [-0.3, -0.25) is 0 Å². The molecule has 0 saturated heterocycles. The molecule has 10 heavy (non-hydrogen) atoms. The number of isocyanates is 1. The molecule has 0 aromatic heterocycles. The van der Waals surface area contributed by atoms with Crippen molar-refractivity contribution in [3.8, 4) is 0 Å². The molecule has 0 amide bonds. The summed E-state index contributed by atoms with van der Waals surface area (Å²) < 4.78 is 0. The second-order valence-electron chi connectivity index (χ2n) is 3.13. The lowest BCUT2D eigenvalue weighted by molar-refractivity contribution is 0.348. The van der Waals surface area contributed by atoms with Crippen LogP contribution in [0.3, 0.4) is 0 Å². The topological polar surface area (TPSA) is 29.4 Å². The van der Waals surface area contributed by atoms with Crippen LogP contribution < -0.4 is 0 Å². The quantitative estimate of drug-likeness (QED) is 0.403. The van der Waals surface area contributed by atoms with E-state index in [2.05, 4.69) is 11.9 Å². The number of rotatable bonds is 1. The first-order valence-corrected chi connectivity index (χ1v) is 3.90. The predicted octanol–water partition coefficient (Wildman–Crippen LogP) is 1.90. The van der Waals surface area contributed by atoms with Gasteiger partial charge in [0.25, 0.3) is 0 Å². The second kappa shape index (κ2) is 3.52. The molecule has 0 aromatic rings. The maximum Gasteiger partial charge on any atom is 0.235 e. The van der Waals surface area contributed by atoms with Crippen LogP contribution in [0.4, 0.5) is 0 Å². The Morgan fingerprint density at radius 2 is 1.90 bits per heavy atom. The summed E-state index contributed by atoms with van der Waals surface area (Å²) in [6, 6.07) is 0.286. The van der Waals surface area contributed by atoms with E-state index in [1.54, 1.807) is 6.08 Å². The van der Waals surface area contributed by atoms with E-state index in [9.17, 15) is 4.79 Å². The molecule has 1 fully saturated rings. The maximum absolute atomic E-state index is 9.86. The van der Waals surface area contributed by atoms with E-state index in [4.69, 9.17) is 0 Å². The lowest BCUT2D eigenvalue weighted by atomic mass is 9.88. The van der Waals surface area contributed by atoms with Crippen LogP contribution >= 0.6 is 0 Å². The maximum atomic E-state index is 9.86. The fourth-order valence-corrected chi connectivity index (χ4v) is 1.45. The lowest BCUT2D eigenvalue weighted by Crippen LogP contribution is -2.14. The standard InChI is InChI=1S/C8H13NO/c1-7-2-4-8(5-3-7)9-6-10/h7-8H,2-5H2,1H3/t7-,8-. The fraction of sp³-hybridized carbons (Fsp3) is 0.875. The van der Waals surface area contributed by atoms with E-state index in [-0.39, 0.29) is 6.04 Å². The molecule has 0 radical (unpaired) electrons. The summed E-state index contributed by atoms with van der Waals surface area (Å²) in [4.78, 5) is 13.6. The summed E-state index contributed by atoms with van der Waals surface area (Å²) in [7, 11) is 0. The van der Waals surface area contributed by atoms with Gasteiger partial charge in [0.2, 0.25) is 6.08 Å². The summed E-state index contributed by atoms with van der Waals surface area (Å²) in [5.74, 6) is 0.832. The van der Waals surface area contributed by atoms with E-state index in [1.165, 1.54) is 12.8 Å². The molecule has 1 saturated carbocycles. The van der Waals surface area contributed by atoms with Gasteiger partial charge in [-0.25, -0.2) is 9.79 Å². The third-order valence-corrected chi connectivity index (χ3v) is 2.22.